The minimum atomic E-state index is -0.987. The molecule has 0 unspecified atom stereocenters. The van der Waals surface area contributed by atoms with Crippen molar-refractivity contribution in [1.29, 1.82) is 0 Å². The predicted molar refractivity (Wildman–Crippen MR) is 507 cm³/mol. The van der Waals surface area contributed by atoms with Crippen LogP contribution in [0.2, 0.25) is 0 Å². The summed E-state index contributed by atoms with van der Waals surface area (Å²) in [4.78, 5) is 115. The van der Waals surface area contributed by atoms with Crippen molar-refractivity contribution in [3.05, 3.63) is 327 Å². The summed E-state index contributed by atoms with van der Waals surface area (Å²) >= 11 is 0. The first-order valence-corrected chi connectivity index (χ1v) is 42.5. The van der Waals surface area contributed by atoms with E-state index >= 15 is 0 Å². The number of nitrogens with zero attached hydrogens (tertiary/aromatic N) is 24. The van der Waals surface area contributed by atoms with Gasteiger partial charge in [-0.1, -0.05) is 74.5 Å². The number of pyridine rings is 6. The summed E-state index contributed by atoms with van der Waals surface area (Å²) in [5, 5.41) is 39.9. The summed E-state index contributed by atoms with van der Waals surface area (Å²) in [5.74, 6) is 0.625. The molecule has 34 nitrogen and oxygen atoms in total. The number of rotatable bonds is 29. The van der Waals surface area contributed by atoms with Gasteiger partial charge in [-0.2, -0.15) is 35.7 Å². The highest BCUT2D eigenvalue weighted by molar-refractivity contribution is 5.59. The smallest absolute Gasteiger partial charge is 0.266 e. The lowest BCUT2D eigenvalue weighted by atomic mass is 10.1. The minimum absolute atomic E-state index is 0.0588. The molecule has 0 aliphatic heterocycles. The zero-order chi connectivity index (χ0) is 94.9. The first-order chi connectivity index (χ1) is 62.7. The van der Waals surface area contributed by atoms with Crippen molar-refractivity contribution in [1.82, 2.24) is 118 Å². The summed E-state index contributed by atoms with van der Waals surface area (Å²) in [6, 6.07) is 61.0. The van der Waals surface area contributed by atoms with Gasteiger partial charge in [0.25, 0.3) is 38.9 Å². The van der Waals surface area contributed by atoms with Crippen LogP contribution in [0.25, 0.3) is 79.6 Å². The topological polar surface area (TPSA) is 373 Å². The molecule has 0 radical (unpaired) electrons. The predicted octanol–water partition coefficient (Wildman–Crippen LogP) is 9.69. The van der Waals surface area contributed by atoms with Gasteiger partial charge < -0.3 is 34.2 Å². The van der Waals surface area contributed by atoms with Gasteiger partial charge in [0, 0.05) is 131 Å². The molecule has 0 fully saturated rings. The third-order valence-electron chi connectivity index (χ3n) is 18.9. The molecule has 0 amide bonds. The molecule has 1 atom stereocenters. The molecular weight excluding hydrogens is 1670 g/mol. The zero-order valence-corrected chi connectivity index (χ0v) is 77.2. The minimum Gasteiger partial charge on any atom is -0.481 e. The lowest BCUT2D eigenvalue weighted by Crippen LogP contribution is -2.34. The van der Waals surface area contributed by atoms with Crippen LogP contribution in [-0.2, 0) is 50.6 Å². The van der Waals surface area contributed by atoms with Crippen LogP contribution < -0.4 is 43.7 Å². The molecule has 131 heavy (non-hydrogen) atoms. The monoisotopic (exact) mass is 1780 g/mol. The molecule has 688 valence electrons. The van der Waals surface area contributed by atoms with Crippen LogP contribution in [0.5, 0.6) is 5.88 Å². The molecular formula is C96H117FN24O10. The van der Waals surface area contributed by atoms with Crippen LogP contribution in [0.1, 0.15) is 53.0 Å². The van der Waals surface area contributed by atoms with Crippen molar-refractivity contribution in [3.8, 4) is 85.5 Å². The Labute approximate surface area is 760 Å². The molecule has 0 saturated heterocycles. The summed E-state index contributed by atoms with van der Waals surface area (Å²) in [6.45, 7) is 18.0. The average molecular weight is 1790 g/mol. The number of methoxy groups -OCH3 is 2. The maximum atomic E-state index is 13.6. The number of aromatic nitrogens is 20. The lowest BCUT2D eigenvalue weighted by molar-refractivity contribution is 0.0562. The molecule has 14 aromatic rings. The number of aryl methyl sites for hydroxylation is 3. The first kappa shape index (κ1) is 102. The van der Waals surface area contributed by atoms with E-state index in [4.69, 9.17) is 9.47 Å². The Morgan fingerprint density at radius 1 is 0.351 bits per heavy atom. The Bertz CT molecular complexity index is 6190. The zero-order valence-electron chi connectivity index (χ0n) is 77.2. The maximum Gasteiger partial charge on any atom is 0.266 e. The number of benzene rings is 1. The fraction of sp³-hybridized carbons (Fsp3) is 0.333. The largest absolute Gasteiger partial charge is 0.481 e. The van der Waals surface area contributed by atoms with Crippen LogP contribution in [0, 0.1) is 18.7 Å². The molecule has 0 spiro atoms. The van der Waals surface area contributed by atoms with E-state index in [1.54, 1.807) is 114 Å². The van der Waals surface area contributed by atoms with Crippen LogP contribution >= 0.6 is 0 Å². The number of likely N-dealkylation sites (N-methyl/N-ethyl adjacent to an activating group) is 4. The van der Waals surface area contributed by atoms with E-state index in [1.807, 2.05) is 199 Å². The fourth-order valence-corrected chi connectivity index (χ4v) is 11.5. The Kier molecular flexibility index (Phi) is 40.8. The average Bonchev–Trinajstić information content (AvgIpc) is 0.880. The molecule has 0 bridgehead atoms. The van der Waals surface area contributed by atoms with E-state index < -0.39 is 11.4 Å². The van der Waals surface area contributed by atoms with Gasteiger partial charge in [0.05, 0.1) is 85.7 Å². The molecule has 14 rings (SSSR count). The molecule has 1 N–H and O–H groups in total. The molecule has 0 aliphatic rings. The number of aliphatic hydroxyl groups is 1. The van der Waals surface area contributed by atoms with Gasteiger partial charge in [0.15, 0.2) is 5.82 Å². The van der Waals surface area contributed by atoms with Gasteiger partial charge in [-0.15, -0.1) is 0 Å². The van der Waals surface area contributed by atoms with Gasteiger partial charge >= 0.3 is 0 Å². The van der Waals surface area contributed by atoms with E-state index in [-0.39, 0.29) is 57.3 Å². The summed E-state index contributed by atoms with van der Waals surface area (Å²) in [7, 11) is 18.9. The van der Waals surface area contributed by atoms with Gasteiger partial charge in [0.1, 0.15) is 39.9 Å². The SMILES string of the molecule is CC(C)(O)Cn1nc(-c2ccccn2)ccc1=O.CC(C)CCn1nc(-c2ccccn2)ccc1=O.CN(C)CCn1nc(-c2ccccc2)ccc1=O.CN(C)CCn1nc(-c2ncccc2F)ccc1=O.CO[C@@H](C)CCn1nc(-c2ccccn2)ccc1=O.COc1cccc(-c2ccc(=O)n(CCN(C)C)n2)n1.Cc1ccc(-c2ccc(=O)n(CCN(C)C)n2)nc1. The Balaban J connectivity index is 0.000000188. The second kappa shape index (κ2) is 52.3. The Morgan fingerprint density at radius 2 is 0.687 bits per heavy atom. The van der Waals surface area contributed by atoms with Gasteiger partial charge in [-0.3, -0.25) is 58.5 Å². The number of halogens is 1. The van der Waals surface area contributed by atoms with Gasteiger partial charge in [-0.05, 0) is 212 Å². The molecule has 13 heterocycles. The van der Waals surface area contributed by atoms with Crippen molar-refractivity contribution >= 4 is 0 Å². The summed E-state index contributed by atoms with van der Waals surface area (Å²) in [6.07, 6.45) is 10.2. The van der Waals surface area contributed by atoms with E-state index in [1.165, 1.54) is 81.4 Å². The van der Waals surface area contributed by atoms with Crippen molar-refractivity contribution < 1.29 is 19.0 Å². The molecule has 13 aromatic heterocycles. The van der Waals surface area contributed by atoms with E-state index in [2.05, 4.69) is 79.4 Å². The molecule has 0 aliphatic carbocycles. The Morgan fingerprint density at radius 3 is 1.05 bits per heavy atom. The van der Waals surface area contributed by atoms with Crippen molar-refractivity contribution in [2.24, 2.45) is 5.92 Å². The van der Waals surface area contributed by atoms with E-state index in [0.29, 0.717) is 91.8 Å². The number of hydrogen-bond donors (Lipinski definition) is 1. The third kappa shape index (κ3) is 35.0. The second-order valence-electron chi connectivity index (χ2n) is 32.1. The highest BCUT2D eigenvalue weighted by atomic mass is 19.1. The van der Waals surface area contributed by atoms with Gasteiger partial charge in [0.2, 0.25) is 5.88 Å². The lowest BCUT2D eigenvalue weighted by Gasteiger charge is -2.17. The summed E-state index contributed by atoms with van der Waals surface area (Å²) in [5.41, 5.74) is 8.74. The highest BCUT2D eigenvalue weighted by Gasteiger charge is 2.18. The third-order valence-corrected chi connectivity index (χ3v) is 18.9. The van der Waals surface area contributed by atoms with Crippen molar-refractivity contribution in [2.75, 3.05) is 96.8 Å². The highest BCUT2D eigenvalue weighted by Crippen LogP contribution is 2.21. The standard InChI is InChI=1S/C14H18N4O2.C14H18N4O.C14H17N3O2.2C14H17N3O.C13H15FN4O.C13H15N3O2/c1-17(2)9-10-18-14(19)8-7-12(16-18)11-5-4-6-13(15-11)20-3;1-11-4-5-12(15-10-11)13-6-7-14(19)18(16-13)9-8-17(2)3;1-11(19-2)8-10-17-14(18)7-6-13(16-17)12-5-3-4-9-15-12;1-11(2)8-10-17-14(18)7-6-13(16-17)12-5-3-4-9-15-12;1-16(2)10-11-17-14(18)9-8-13(15-17)12-6-4-3-5-7-12;1-17(2)8-9-18-12(19)6-5-11(16-18)13-10(14)4-3-7-15-13;1-13(2,18)9-16-12(17)7-6-11(15-16)10-5-3-4-8-14-10/h4-8H,9-10H2,1-3H3;4-7,10H,8-9H2,1-3H3;3-7,9,11H,8,10H2,1-2H3;3-7,9,11H,8,10H2,1-2H3;3-9H,10-11H2,1-2H3;3-7H,8-9H2,1-2H3;3-8,18H,9H2,1-2H3/t;;11-;;;;/m..0..../s1. The Hall–Kier alpha value is -14.2. The normalized spacial score (nSPS) is 11.2. The quantitative estimate of drug-likeness (QED) is 0.0455. The van der Waals surface area contributed by atoms with Crippen LogP contribution in [0.3, 0.4) is 0 Å². The van der Waals surface area contributed by atoms with Crippen LogP contribution in [0.4, 0.5) is 4.39 Å². The number of ether oxygens (including phenoxy) is 2. The fourth-order valence-electron chi connectivity index (χ4n) is 11.5. The molecule has 1 aromatic carbocycles. The van der Waals surface area contributed by atoms with Crippen LogP contribution in [-0.4, -0.2) is 232 Å². The van der Waals surface area contributed by atoms with E-state index in [0.717, 1.165) is 77.8 Å². The van der Waals surface area contributed by atoms with E-state index in [9.17, 15) is 43.1 Å². The number of hydrogen-bond acceptors (Lipinski definition) is 27. The van der Waals surface area contributed by atoms with Crippen molar-refractivity contribution in [2.45, 2.75) is 112 Å². The first-order valence-electron chi connectivity index (χ1n) is 42.5. The second-order valence-corrected chi connectivity index (χ2v) is 32.1. The molecule has 0 saturated carbocycles. The molecule has 35 heteroatoms. The summed E-state index contributed by atoms with van der Waals surface area (Å²) < 4.78 is 33.9. The van der Waals surface area contributed by atoms with Gasteiger partial charge in [-0.25, -0.2) is 42.1 Å². The van der Waals surface area contributed by atoms with Crippen LogP contribution in [0.15, 0.2) is 277 Å². The maximum absolute atomic E-state index is 13.6. The van der Waals surface area contributed by atoms with Crippen molar-refractivity contribution in [3.63, 3.8) is 0 Å².